The van der Waals surface area contributed by atoms with Crippen molar-refractivity contribution < 1.29 is 9.47 Å². The molecule has 0 saturated heterocycles. The largest absolute Gasteiger partial charge is 0.493 e. The number of benzene rings is 1. The molecule has 2 N–H and O–H groups in total. The molecule has 0 saturated carbocycles. The molecular formula is C16H27NO2. The summed E-state index contributed by atoms with van der Waals surface area (Å²) in [6.45, 7) is 4.96. The normalized spacial score (nSPS) is 12.2. The molecule has 0 aliphatic carbocycles. The standard InChI is InChI=1S/C16H27NO2/c1-4-5-6-7-11-19-16-14(12-13(2)17)9-8-10-15(16)18-3/h8-10,13H,4-7,11-12,17H2,1-3H3. The van der Waals surface area contributed by atoms with Crippen LogP contribution in [0.25, 0.3) is 0 Å². The van der Waals surface area contributed by atoms with Gasteiger partial charge in [-0.15, -0.1) is 0 Å². The molecule has 1 atom stereocenters. The highest BCUT2D eigenvalue weighted by Gasteiger charge is 2.11. The maximum atomic E-state index is 5.93. The molecule has 0 aliphatic heterocycles. The van der Waals surface area contributed by atoms with Crippen LogP contribution in [0.15, 0.2) is 18.2 Å². The molecule has 0 heterocycles. The number of hydrogen-bond donors (Lipinski definition) is 1. The maximum Gasteiger partial charge on any atom is 0.164 e. The van der Waals surface area contributed by atoms with E-state index < -0.39 is 0 Å². The highest BCUT2D eigenvalue weighted by molar-refractivity contribution is 5.47. The lowest BCUT2D eigenvalue weighted by Crippen LogP contribution is -2.18. The molecule has 0 radical (unpaired) electrons. The van der Waals surface area contributed by atoms with Gasteiger partial charge in [0.15, 0.2) is 11.5 Å². The van der Waals surface area contributed by atoms with Crippen LogP contribution in [0.3, 0.4) is 0 Å². The monoisotopic (exact) mass is 265 g/mol. The van der Waals surface area contributed by atoms with Gasteiger partial charge in [-0.3, -0.25) is 0 Å². The predicted octanol–water partition coefficient (Wildman–Crippen LogP) is 3.54. The Labute approximate surface area is 117 Å². The van der Waals surface area contributed by atoms with Gasteiger partial charge in [0.05, 0.1) is 13.7 Å². The fourth-order valence-electron chi connectivity index (χ4n) is 2.10. The van der Waals surface area contributed by atoms with Crippen molar-refractivity contribution in [1.29, 1.82) is 0 Å². The predicted molar refractivity (Wildman–Crippen MR) is 80.0 cm³/mol. The van der Waals surface area contributed by atoms with Gasteiger partial charge in [-0.05, 0) is 31.4 Å². The Balaban J connectivity index is 2.66. The molecule has 0 aliphatic rings. The smallest absolute Gasteiger partial charge is 0.164 e. The third-order valence-corrected chi connectivity index (χ3v) is 3.07. The number of unbranched alkanes of at least 4 members (excludes halogenated alkanes) is 3. The lowest BCUT2D eigenvalue weighted by molar-refractivity contribution is 0.282. The molecule has 108 valence electrons. The van der Waals surface area contributed by atoms with Gasteiger partial charge in [-0.2, -0.15) is 0 Å². The molecule has 1 aromatic carbocycles. The fraction of sp³-hybridized carbons (Fsp3) is 0.625. The minimum Gasteiger partial charge on any atom is -0.493 e. The van der Waals surface area contributed by atoms with Crippen molar-refractivity contribution in [1.82, 2.24) is 0 Å². The molecule has 0 spiro atoms. The van der Waals surface area contributed by atoms with E-state index in [2.05, 4.69) is 13.0 Å². The van der Waals surface area contributed by atoms with Gasteiger partial charge >= 0.3 is 0 Å². The number of para-hydroxylation sites is 1. The number of ether oxygens (including phenoxy) is 2. The van der Waals surface area contributed by atoms with Crippen LogP contribution in [0.5, 0.6) is 11.5 Å². The number of hydrogen-bond acceptors (Lipinski definition) is 3. The first kappa shape index (κ1) is 15.8. The van der Waals surface area contributed by atoms with E-state index in [-0.39, 0.29) is 6.04 Å². The highest BCUT2D eigenvalue weighted by Crippen LogP contribution is 2.32. The first-order valence-electron chi connectivity index (χ1n) is 7.23. The number of rotatable bonds is 9. The molecule has 1 unspecified atom stereocenters. The fourth-order valence-corrected chi connectivity index (χ4v) is 2.10. The van der Waals surface area contributed by atoms with Crippen LogP contribution >= 0.6 is 0 Å². The van der Waals surface area contributed by atoms with Gasteiger partial charge in [0.1, 0.15) is 0 Å². The first-order valence-corrected chi connectivity index (χ1v) is 7.23. The molecule has 3 heteroatoms. The first-order chi connectivity index (χ1) is 9.19. The summed E-state index contributed by atoms with van der Waals surface area (Å²) in [6.07, 6.45) is 5.62. The van der Waals surface area contributed by atoms with Crippen molar-refractivity contribution in [2.75, 3.05) is 13.7 Å². The lowest BCUT2D eigenvalue weighted by atomic mass is 10.1. The van der Waals surface area contributed by atoms with Crippen LogP contribution in [-0.2, 0) is 6.42 Å². The maximum absolute atomic E-state index is 5.93. The quantitative estimate of drug-likeness (QED) is 0.694. The van der Waals surface area contributed by atoms with E-state index in [1.54, 1.807) is 7.11 Å². The van der Waals surface area contributed by atoms with E-state index in [9.17, 15) is 0 Å². The van der Waals surface area contributed by atoms with Gasteiger partial charge in [0.2, 0.25) is 0 Å². The van der Waals surface area contributed by atoms with Crippen LogP contribution in [0.2, 0.25) is 0 Å². The van der Waals surface area contributed by atoms with E-state index in [1.807, 2.05) is 19.1 Å². The summed E-state index contributed by atoms with van der Waals surface area (Å²) < 4.78 is 11.3. The second kappa shape index (κ2) is 8.81. The second-order valence-electron chi connectivity index (χ2n) is 5.04. The van der Waals surface area contributed by atoms with Crippen molar-refractivity contribution >= 4 is 0 Å². The summed E-state index contributed by atoms with van der Waals surface area (Å²) in [5.74, 6) is 1.66. The Kier molecular flexibility index (Phi) is 7.34. The Morgan fingerprint density at radius 2 is 2.00 bits per heavy atom. The zero-order chi connectivity index (χ0) is 14.1. The summed E-state index contributed by atoms with van der Waals surface area (Å²) in [6, 6.07) is 6.11. The SMILES string of the molecule is CCCCCCOc1c(CC(C)N)cccc1OC. The van der Waals surface area contributed by atoms with Crippen molar-refractivity contribution in [3.05, 3.63) is 23.8 Å². The van der Waals surface area contributed by atoms with E-state index in [1.165, 1.54) is 19.3 Å². The molecular weight excluding hydrogens is 238 g/mol. The average Bonchev–Trinajstić information content (AvgIpc) is 2.39. The summed E-state index contributed by atoms with van der Waals surface area (Å²) >= 11 is 0. The van der Waals surface area contributed by atoms with Crippen LogP contribution in [-0.4, -0.2) is 19.8 Å². The molecule has 0 fully saturated rings. The minimum atomic E-state index is 0.120. The van der Waals surface area contributed by atoms with Crippen LogP contribution in [0.1, 0.15) is 45.1 Å². The molecule has 3 nitrogen and oxygen atoms in total. The van der Waals surface area contributed by atoms with Gasteiger partial charge in [-0.25, -0.2) is 0 Å². The summed E-state index contributed by atoms with van der Waals surface area (Å²) in [5, 5.41) is 0. The molecule has 0 bridgehead atoms. The van der Waals surface area contributed by atoms with Gasteiger partial charge < -0.3 is 15.2 Å². The van der Waals surface area contributed by atoms with Crippen LogP contribution in [0.4, 0.5) is 0 Å². The topological polar surface area (TPSA) is 44.5 Å². The zero-order valence-electron chi connectivity index (χ0n) is 12.4. The van der Waals surface area contributed by atoms with Crippen LogP contribution in [0, 0.1) is 0 Å². The summed E-state index contributed by atoms with van der Waals surface area (Å²) in [5.41, 5.74) is 7.01. The van der Waals surface area contributed by atoms with Crippen molar-refractivity contribution in [2.45, 2.75) is 52.0 Å². The summed E-state index contributed by atoms with van der Waals surface area (Å²) in [7, 11) is 1.68. The third-order valence-electron chi connectivity index (χ3n) is 3.07. The van der Waals surface area contributed by atoms with Crippen molar-refractivity contribution in [3.63, 3.8) is 0 Å². The Morgan fingerprint density at radius 1 is 1.21 bits per heavy atom. The van der Waals surface area contributed by atoms with E-state index in [0.717, 1.165) is 36.5 Å². The van der Waals surface area contributed by atoms with Crippen LogP contribution < -0.4 is 15.2 Å². The highest BCUT2D eigenvalue weighted by atomic mass is 16.5. The van der Waals surface area contributed by atoms with Gasteiger partial charge in [-0.1, -0.05) is 38.3 Å². The Hall–Kier alpha value is -1.22. The summed E-state index contributed by atoms with van der Waals surface area (Å²) in [4.78, 5) is 0. The molecule has 0 aromatic heterocycles. The van der Waals surface area contributed by atoms with Gasteiger partial charge in [0.25, 0.3) is 0 Å². The third kappa shape index (κ3) is 5.52. The Morgan fingerprint density at radius 3 is 2.63 bits per heavy atom. The van der Waals surface area contributed by atoms with E-state index >= 15 is 0 Å². The molecule has 1 rings (SSSR count). The lowest BCUT2D eigenvalue weighted by Gasteiger charge is -2.16. The molecule has 0 amide bonds. The van der Waals surface area contributed by atoms with E-state index in [0.29, 0.717) is 0 Å². The van der Waals surface area contributed by atoms with Crippen molar-refractivity contribution in [3.8, 4) is 11.5 Å². The number of nitrogens with two attached hydrogens (primary N) is 1. The van der Waals surface area contributed by atoms with E-state index in [4.69, 9.17) is 15.2 Å². The van der Waals surface area contributed by atoms with Crippen molar-refractivity contribution in [2.24, 2.45) is 5.73 Å². The molecule has 19 heavy (non-hydrogen) atoms. The molecule has 1 aromatic rings. The zero-order valence-corrected chi connectivity index (χ0v) is 12.4. The minimum absolute atomic E-state index is 0.120. The van der Waals surface area contributed by atoms with Gasteiger partial charge in [0, 0.05) is 6.04 Å². The second-order valence-corrected chi connectivity index (χ2v) is 5.04. The average molecular weight is 265 g/mol. The Bertz CT molecular complexity index is 364. The number of methoxy groups -OCH3 is 1.